The topological polar surface area (TPSA) is 108 Å². The fourth-order valence-corrected chi connectivity index (χ4v) is 4.02. The molecule has 150 valence electrons. The van der Waals surface area contributed by atoms with Gasteiger partial charge in [0.15, 0.2) is 17.3 Å². The van der Waals surface area contributed by atoms with Gasteiger partial charge in [0.05, 0.1) is 12.6 Å². The molecule has 4 rings (SSSR count). The summed E-state index contributed by atoms with van der Waals surface area (Å²) >= 11 is 0. The molecule has 1 fully saturated rings. The van der Waals surface area contributed by atoms with Crippen LogP contribution in [-0.4, -0.2) is 50.9 Å². The van der Waals surface area contributed by atoms with Gasteiger partial charge in [-0.15, -0.1) is 5.10 Å². The molecule has 2 aliphatic rings. The third-order valence-corrected chi connectivity index (χ3v) is 5.56. The molecule has 9 nitrogen and oxygen atoms in total. The lowest BCUT2D eigenvalue weighted by molar-refractivity contribution is -0.123. The Kier molecular flexibility index (Phi) is 5.43. The molecule has 1 atom stereocenters. The number of benzene rings is 1. The molecule has 3 heterocycles. The van der Waals surface area contributed by atoms with Crippen LogP contribution in [0.1, 0.15) is 50.0 Å². The number of primary amides is 1. The molecule has 1 amide bonds. The van der Waals surface area contributed by atoms with Crippen molar-refractivity contribution in [2.45, 2.75) is 45.2 Å². The van der Waals surface area contributed by atoms with Crippen LogP contribution in [0, 0.1) is 5.92 Å². The van der Waals surface area contributed by atoms with Crippen LogP contribution in [-0.2, 0) is 11.3 Å². The summed E-state index contributed by atoms with van der Waals surface area (Å²) in [5.74, 6) is 2.16. The van der Waals surface area contributed by atoms with Gasteiger partial charge in [-0.05, 0) is 60.5 Å². The van der Waals surface area contributed by atoms with E-state index in [-0.39, 0.29) is 24.7 Å². The van der Waals surface area contributed by atoms with Crippen LogP contribution >= 0.6 is 0 Å². The molecule has 0 saturated carbocycles. The van der Waals surface area contributed by atoms with Gasteiger partial charge in [-0.1, -0.05) is 19.4 Å². The van der Waals surface area contributed by atoms with Gasteiger partial charge >= 0.3 is 0 Å². The summed E-state index contributed by atoms with van der Waals surface area (Å²) < 4.78 is 12.7. The van der Waals surface area contributed by atoms with E-state index in [2.05, 4.69) is 27.3 Å². The molecule has 0 aliphatic carbocycles. The first-order chi connectivity index (χ1) is 13.7. The second-order valence-electron chi connectivity index (χ2n) is 7.40. The predicted molar refractivity (Wildman–Crippen MR) is 101 cm³/mol. The van der Waals surface area contributed by atoms with Gasteiger partial charge in [-0.25, -0.2) is 4.68 Å². The second kappa shape index (κ2) is 8.14. The van der Waals surface area contributed by atoms with Crippen LogP contribution in [0.5, 0.6) is 11.5 Å². The number of likely N-dealkylation sites (tertiary alicyclic amines) is 1. The summed E-state index contributed by atoms with van der Waals surface area (Å²) in [4.78, 5) is 13.9. The molecule has 0 spiro atoms. The van der Waals surface area contributed by atoms with E-state index in [9.17, 15) is 4.79 Å². The molecular formula is C19H26N6O3. The largest absolute Gasteiger partial charge is 0.454 e. The van der Waals surface area contributed by atoms with Crippen molar-refractivity contribution >= 4 is 5.91 Å². The zero-order valence-electron chi connectivity index (χ0n) is 16.1. The number of rotatable bonds is 7. The van der Waals surface area contributed by atoms with E-state index in [4.69, 9.17) is 15.2 Å². The summed E-state index contributed by atoms with van der Waals surface area (Å²) in [5, 5.41) is 12.5. The first-order valence-corrected chi connectivity index (χ1v) is 9.83. The van der Waals surface area contributed by atoms with Crippen molar-refractivity contribution in [2.75, 3.05) is 19.9 Å². The van der Waals surface area contributed by atoms with Crippen molar-refractivity contribution in [3.8, 4) is 11.5 Å². The Morgan fingerprint density at radius 2 is 2.07 bits per heavy atom. The zero-order chi connectivity index (χ0) is 19.5. The number of aromatic nitrogens is 4. The zero-order valence-corrected chi connectivity index (χ0v) is 16.1. The van der Waals surface area contributed by atoms with Gasteiger partial charge in [0.1, 0.15) is 0 Å². The number of carbonyl (C=O) groups is 1. The van der Waals surface area contributed by atoms with E-state index >= 15 is 0 Å². The van der Waals surface area contributed by atoms with E-state index in [0.29, 0.717) is 6.54 Å². The molecule has 2 aromatic rings. The molecule has 0 bridgehead atoms. The number of tetrazole rings is 1. The number of fused-ring (bicyclic) bond motifs is 1. The molecule has 2 aliphatic heterocycles. The number of nitrogens with two attached hydrogens (primary N) is 1. The van der Waals surface area contributed by atoms with Crippen LogP contribution in [0.2, 0.25) is 0 Å². The maximum atomic E-state index is 11.5. The van der Waals surface area contributed by atoms with Crippen molar-refractivity contribution in [1.29, 1.82) is 0 Å². The summed E-state index contributed by atoms with van der Waals surface area (Å²) in [5.41, 5.74) is 6.53. The van der Waals surface area contributed by atoms with Crippen LogP contribution < -0.4 is 15.2 Å². The summed E-state index contributed by atoms with van der Waals surface area (Å²) in [7, 11) is 0. The minimum absolute atomic E-state index is 0.0249. The highest BCUT2D eigenvalue weighted by molar-refractivity contribution is 5.76. The molecule has 0 unspecified atom stereocenters. The van der Waals surface area contributed by atoms with Crippen LogP contribution in [0.25, 0.3) is 0 Å². The number of amides is 1. The summed E-state index contributed by atoms with van der Waals surface area (Å²) in [6.07, 6.45) is 3.57. The maximum Gasteiger partial charge on any atom is 0.231 e. The Balaban J connectivity index is 1.51. The van der Waals surface area contributed by atoms with Crippen molar-refractivity contribution in [3.05, 3.63) is 29.6 Å². The lowest BCUT2D eigenvalue weighted by atomic mass is 9.94. The monoisotopic (exact) mass is 386 g/mol. The van der Waals surface area contributed by atoms with Gasteiger partial charge in [0.2, 0.25) is 12.7 Å². The van der Waals surface area contributed by atoms with Gasteiger partial charge in [0, 0.05) is 5.92 Å². The molecule has 1 saturated heterocycles. The normalized spacial score (nSPS) is 18.3. The Bertz CT molecular complexity index is 831. The first kappa shape index (κ1) is 18.7. The number of hydrogen-bond donors (Lipinski definition) is 1. The Labute approximate surface area is 163 Å². The Hall–Kier alpha value is -2.68. The number of nitrogens with zero attached hydrogens (tertiary/aromatic N) is 5. The van der Waals surface area contributed by atoms with Crippen molar-refractivity contribution < 1.29 is 14.3 Å². The molecular weight excluding hydrogens is 360 g/mol. The van der Waals surface area contributed by atoms with E-state index in [1.54, 1.807) is 0 Å². The molecule has 28 heavy (non-hydrogen) atoms. The van der Waals surface area contributed by atoms with Gasteiger partial charge in [0.25, 0.3) is 0 Å². The molecule has 2 N–H and O–H groups in total. The molecule has 1 aromatic carbocycles. The third-order valence-electron chi connectivity index (χ3n) is 5.56. The number of piperidine rings is 1. The second-order valence-corrected chi connectivity index (χ2v) is 7.40. The van der Waals surface area contributed by atoms with Crippen molar-refractivity contribution in [2.24, 2.45) is 11.7 Å². The smallest absolute Gasteiger partial charge is 0.231 e. The number of ether oxygens (including phenoxy) is 2. The summed E-state index contributed by atoms with van der Waals surface area (Å²) in [6, 6.07) is 6.02. The van der Waals surface area contributed by atoms with E-state index in [1.165, 1.54) is 0 Å². The van der Waals surface area contributed by atoms with Crippen molar-refractivity contribution in [3.63, 3.8) is 0 Å². The third kappa shape index (κ3) is 3.80. The average Bonchev–Trinajstić information content (AvgIpc) is 3.35. The molecule has 1 aromatic heterocycles. The van der Waals surface area contributed by atoms with Gasteiger partial charge in [-0.2, -0.15) is 0 Å². The highest BCUT2D eigenvalue weighted by atomic mass is 16.7. The van der Waals surface area contributed by atoms with E-state index in [1.807, 2.05) is 22.9 Å². The predicted octanol–water partition coefficient (Wildman–Crippen LogP) is 1.49. The van der Waals surface area contributed by atoms with Gasteiger partial charge < -0.3 is 15.2 Å². The number of hydrogen-bond acceptors (Lipinski definition) is 7. The minimum Gasteiger partial charge on any atom is -0.454 e. The number of carbonyl (C=O) groups excluding carboxylic acids is 1. The lowest BCUT2D eigenvalue weighted by Gasteiger charge is -2.36. The average molecular weight is 386 g/mol. The van der Waals surface area contributed by atoms with Crippen molar-refractivity contribution in [1.82, 2.24) is 25.1 Å². The molecule has 9 heteroatoms. The van der Waals surface area contributed by atoms with Gasteiger partial charge in [-0.3, -0.25) is 9.69 Å². The van der Waals surface area contributed by atoms with E-state index in [0.717, 1.165) is 61.7 Å². The lowest BCUT2D eigenvalue weighted by Crippen LogP contribution is -2.41. The molecule has 0 radical (unpaired) electrons. The SMILES string of the molecule is CCC[C@@H](c1nnnn1Cc1ccc2c(c1)OCO2)N1CCC(C(N)=O)CC1. The quantitative estimate of drug-likeness (QED) is 0.768. The Morgan fingerprint density at radius 1 is 1.29 bits per heavy atom. The first-order valence-electron chi connectivity index (χ1n) is 9.83. The fourth-order valence-electron chi connectivity index (χ4n) is 4.02. The van der Waals surface area contributed by atoms with Crippen LogP contribution in [0.3, 0.4) is 0 Å². The minimum atomic E-state index is -0.195. The van der Waals surface area contributed by atoms with E-state index < -0.39 is 0 Å². The maximum absolute atomic E-state index is 11.5. The summed E-state index contributed by atoms with van der Waals surface area (Å²) in [6.45, 7) is 4.64. The fraction of sp³-hybridized carbons (Fsp3) is 0.579. The van der Waals surface area contributed by atoms with Crippen LogP contribution in [0.15, 0.2) is 18.2 Å². The Morgan fingerprint density at radius 3 is 2.82 bits per heavy atom. The standard InChI is InChI=1S/C19H26N6O3/c1-2-3-15(24-8-6-14(7-9-24)18(20)26)19-21-22-23-25(19)11-13-4-5-16-17(10-13)28-12-27-16/h4-5,10,14-15H,2-3,6-9,11-12H2,1H3,(H2,20,26)/t15-/m0/s1. The highest BCUT2D eigenvalue weighted by Crippen LogP contribution is 2.33. The highest BCUT2D eigenvalue weighted by Gasteiger charge is 2.31. The van der Waals surface area contributed by atoms with Crippen LogP contribution in [0.4, 0.5) is 0 Å².